The Morgan fingerprint density at radius 3 is 2.52 bits per heavy atom. The number of rotatable bonds is 6. The Kier molecular flexibility index (Phi) is 6.30. The number of fused-ring (bicyclic) bond motifs is 1. The largest absolute Gasteiger partial charge is 0.507 e. The predicted molar refractivity (Wildman–Crippen MR) is 118 cm³/mol. The number of carbonyl (C=O) groups is 1. The van der Waals surface area contributed by atoms with Crippen LogP contribution in [0.1, 0.15) is 66.8 Å². The normalized spacial score (nSPS) is 12.2. The highest BCUT2D eigenvalue weighted by Crippen LogP contribution is 2.33. The standard InChI is InChI=1S/C24H25N3O4/c1-13(2)15-9-16(14(3)4)22(29)17(10-15)24(30)31-12-21(28)18(11-25)23-26-19-7-5-6-8-20(19)27-23/h5-10,13-14,28-29H,12H2,1-4H3,(H,26,27)/b21-18-. The number of H-pyrrole nitrogens is 1. The summed E-state index contributed by atoms with van der Waals surface area (Å²) < 4.78 is 5.22. The van der Waals surface area contributed by atoms with Gasteiger partial charge in [0.25, 0.3) is 0 Å². The number of aromatic hydroxyl groups is 1. The van der Waals surface area contributed by atoms with Gasteiger partial charge in [0, 0.05) is 0 Å². The minimum Gasteiger partial charge on any atom is -0.507 e. The number of phenols is 1. The van der Waals surface area contributed by atoms with E-state index in [9.17, 15) is 20.3 Å². The molecule has 0 saturated heterocycles. The molecule has 3 aromatic rings. The Balaban J connectivity index is 1.87. The maximum Gasteiger partial charge on any atom is 0.342 e. The lowest BCUT2D eigenvalue weighted by atomic mass is 9.92. The first-order chi connectivity index (χ1) is 14.7. The average molecular weight is 419 g/mol. The number of nitrogens with one attached hydrogen (secondary N) is 1. The number of aliphatic hydroxyl groups is 1. The highest BCUT2D eigenvalue weighted by molar-refractivity contribution is 5.93. The number of nitrogens with zero attached hydrogens (tertiary/aromatic N) is 2. The van der Waals surface area contributed by atoms with Crippen molar-refractivity contribution in [3.8, 4) is 11.8 Å². The number of nitriles is 1. The van der Waals surface area contributed by atoms with Gasteiger partial charge in [-0.15, -0.1) is 0 Å². The van der Waals surface area contributed by atoms with Gasteiger partial charge < -0.3 is 19.9 Å². The van der Waals surface area contributed by atoms with E-state index in [0.717, 1.165) is 5.56 Å². The van der Waals surface area contributed by atoms with E-state index in [1.165, 1.54) is 0 Å². The van der Waals surface area contributed by atoms with Crippen molar-refractivity contribution in [1.29, 1.82) is 5.26 Å². The van der Waals surface area contributed by atoms with E-state index < -0.39 is 18.3 Å². The van der Waals surface area contributed by atoms with Gasteiger partial charge in [-0.25, -0.2) is 9.78 Å². The van der Waals surface area contributed by atoms with Crippen molar-refractivity contribution in [2.24, 2.45) is 0 Å². The zero-order valence-corrected chi connectivity index (χ0v) is 17.9. The van der Waals surface area contributed by atoms with E-state index in [2.05, 4.69) is 9.97 Å². The van der Waals surface area contributed by atoms with Crippen LogP contribution >= 0.6 is 0 Å². The first-order valence-electron chi connectivity index (χ1n) is 10.0. The number of ether oxygens (including phenoxy) is 1. The minimum absolute atomic E-state index is 0.0109. The van der Waals surface area contributed by atoms with E-state index in [1.807, 2.05) is 52.0 Å². The Hall–Kier alpha value is -3.79. The number of esters is 1. The van der Waals surface area contributed by atoms with Crippen LogP contribution in [0.2, 0.25) is 0 Å². The molecule has 0 atom stereocenters. The van der Waals surface area contributed by atoms with Crippen LogP contribution < -0.4 is 0 Å². The molecule has 0 radical (unpaired) electrons. The number of carbonyl (C=O) groups excluding carboxylic acids is 1. The fourth-order valence-electron chi connectivity index (χ4n) is 3.22. The number of allylic oxidation sites excluding steroid dienone is 1. The average Bonchev–Trinajstić information content (AvgIpc) is 3.15. The first-order valence-corrected chi connectivity index (χ1v) is 10.0. The van der Waals surface area contributed by atoms with Crippen molar-refractivity contribution < 1.29 is 19.7 Å². The fourth-order valence-corrected chi connectivity index (χ4v) is 3.22. The summed E-state index contributed by atoms with van der Waals surface area (Å²) in [4.78, 5) is 19.9. The highest BCUT2D eigenvalue weighted by Gasteiger charge is 2.21. The van der Waals surface area contributed by atoms with Gasteiger partial charge >= 0.3 is 5.97 Å². The van der Waals surface area contributed by atoms with Gasteiger partial charge in [-0.2, -0.15) is 5.26 Å². The molecule has 0 aliphatic heterocycles. The summed E-state index contributed by atoms with van der Waals surface area (Å²) in [7, 11) is 0. The molecule has 0 amide bonds. The van der Waals surface area contributed by atoms with E-state index in [4.69, 9.17) is 4.74 Å². The highest BCUT2D eigenvalue weighted by atomic mass is 16.5. The maximum atomic E-state index is 12.7. The summed E-state index contributed by atoms with van der Waals surface area (Å²) >= 11 is 0. The van der Waals surface area contributed by atoms with E-state index in [0.29, 0.717) is 16.6 Å². The maximum absolute atomic E-state index is 12.7. The van der Waals surface area contributed by atoms with Crippen LogP contribution in [-0.4, -0.2) is 32.8 Å². The number of hydrogen-bond acceptors (Lipinski definition) is 6. The molecule has 0 spiro atoms. The topological polar surface area (TPSA) is 119 Å². The summed E-state index contributed by atoms with van der Waals surface area (Å²) in [6.45, 7) is 7.31. The second kappa shape index (κ2) is 8.92. The summed E-state index contributed by atoms with van der Waals surface area (Å²) in [6, 6.07) is 12.6. The van der Waals surface area contributed by atoms with Crippen LogP contribution in [0.5, 0.6) is 5.75 Å². The van der Waals surface area contributed by atoms with Crippen molar-refractivity contribution in [2.45, 2.75) is 39.5 Å². The summed E-state index contributed by atoms with van der Waals surface area (Å²) in [5, 5.41) is 30.5. The number of phenolic OH excluding ortho intramolecular Hbond substituents is 1. The van der Waals surface area contributed by atoms with Crippen LogP contribution in [0.3, 0.4) is 0 Å². The summed E-state index contributed by atoms with van der Waals surface area (Å²) in [6.07, 6.45) is 0. The van der Waals surface area contributed by atoms with Crippen molar-refractivity contribution in [3.63, 3.8) is 0 Å². The third-order valence-corrected chi connectivity index (χ3v) is 5.04. The van der Waals surface area contributed by atoms with Gasteiger partial charge in [-0.1, -0.05) is 45.9 Å². The molecule has 0 aliphatic rings. The molecule has 0 saturated carbocycles. The molecule has 0 aliphatic carbocycles. The number of hydrogen-bond donors (Lipinski definition) is 3. The number of aliphatic hydroxyl groups excluding tert-OH is 1. The second-order valence-electron chi connectivity index (χ2n) is 7.93. The van der Waals surface area contributed by atoms with Crippen molar-refractivity contribution in [1.82, 2.24) is 9.97 Å². The predicted octanol–water partition coefficient (Wildman–Crippen LogP) is 5.16. The van der Waals surface area contributed by atoms with Crippen LogP contribution in [0.25, 0.3) is 16.6 Å². The Bertz CT molecular complexity index is 1170. The van der Waals surface area contributed by atoms with E-state index in [1.54, 1.807) is 18.2 Å². The van der Waals surface area contributed by atoms with Crippen molar-refractivity contribution in [3.05, 3.63) is 64.7 Å². The Morgan fingerprint density at radius 1 is 1.19 bits per heavy atom. The SMILES string of the molecule is CC(C)c1cc(C(=O)OC/C(O)=C(\C#N)c2nc3ccccc3[nH]2)c(O)c(C(C)C)c1. The number of aromatic amines is 1. The quantitative estimate of drug-likeness (QED) is 0.288. The molecule has 3 N–H and O–H groups in total. The molecule has 160 valence electrons. The fraction of sp³-hybridized carbons (Fsp3) is 0.292. The third-order valence-electron chi connectivity index (χ3n) is 5.04. The molecule has 0 bridgehead atoms. The molecule has 0 fully saturated rings. The number of imidazole rings is 1. The third kappa shape index (κ3) is 4.53. The monoisotopic (exact) mass is 419 g/mol. The Morgan fingerprint density at radius 2 is 1.90 bits per heavy atom. The molecule has 0 unspecified atom stereocenters. The lowest BCUT2D eigenvalue weighted by molar-refractivity contribution is 0.0499. The van der Waals surface area contributed by atoms with E-state index >= 15 is 0 Å². The molecule has 31 heavy (non-hydrogen) atoms. The van der Waals surface area contributed by atoms with Gasteiger partial charge in [0.2, 0.25) is 0 Å². The molecule has 1 heterocycles. The molecule has 7 heteroatoms. The molecule has 1 aromatic heterocycles. The van der Waals surface area contributed by atoms with E-state index in [-0.39, 0.29) is 34.5 Å². The lowest BCUT2D eigenvalue weighted by Gasteiger charge is -2.16. The minimum atomic E-state index is -0.782. The number of aromatic nitrogens is 2. The molecule has 3 rings (SSSR count). The van der Waals surface area contributed by atoms with Crippen LogP contribution in [-0.2, 0) is 4.74 Å². The van der Waals surface area contributed by atoms with Crippen LogP contribution in [0.4, 0.5) is 0 Å². The summed E-state index contributed by atoms with van der Waals surface area (Å²) in [5.74, 6) is -1.00. The summed E-state index contributed by atoms with van der Waals surface area (Å²) in [5.41, 5.74) is 2.82. The van der Waals surface area contributed by atoms with Gasteiger partial charge in [-0.3, -0.25) is 0 Å². The van der Waals surface area contributed by atoms with Crippen molar-refractivity contribution >= 4 is 22.6 Å². The van der Waals surface area contributed by atoms with Gasteiger partial charge in [0.1, 0.15) is 29.6 Å². The lowest BCUT2D eigenvalue weighted by Crippen LogP contribution is -2.11. The number of benzene rings is 2. The van der Waals surface area contributed by atoms with Gasteiger partial charge in [0.15, 0.2) is 11.6 Å². The molecular weight excluding hydrogens is 394 g/mol. The van der Waals surface area contributed by atoms with Crippen LogP contribution in [0.15, 0.2) is 42.2 Å². The van der Waals surface area contributed by atoms with Gasteiger partial charge in [-0.05, 0) is 41.2 Å². The zero-order valence-electron chi connectivity index (χ0n) is 17.9. The zero-order chi connectivity index (χ0) is 22.7. The molecule has 2 aromatic carbocycles. The Labute approximate surface area is 180 Å². The van der Waals surface area contributed by atoms with Crippen molar-refractivity contribution in [2.75, 3.05) is 6.61 Å². The smallest absolute Gasteiger partial charge is 0.342 e. The molecule has 7 nitrogen and oxygen atoms in total. The molecular formula is C24H25N3O4. The first kappa shape index (κ1) is 21.9. The van der Waals surface area contributed by atoms with Gasteiger partial charge in [0.05, 0.1) is 11.0 Å². The second-order valence-corrected chi connectivity index (χ2v) is 7.93. The van der Waals surface area contributed by atoms with Crippen LogP contribution in [0, 0.1) is 11.3 Å². The number of para-hydroxylation sites is 2.